The maximum atomic E-state index is 12.3. The Labute approximate surface area is 118 Å². The lowest BCUT2D eigenvalue weighted by molar-refractivity contribution is -0.136. The molecule has 0 aromatic carbocycles. The summed E-state index contributed by atoms with van der Waals surface area (Å²) < 4.78 is 37.9. The van der Waals surface area contributed by atoms with Gasteiger partial charge in [-0.05, 0) is 48.3 Å². The Morgan fingerprint density at radius 1 is 1.44 bits per heavy atom. The second-order valence-electron chi connectivity index (χ2n) is 4.23. The molecule has 0 saturated carbocycles. The number of rotatable bonds is 6. The molecule has 0 radical (unpaired) electrons. The van der Waals surface area contributed by atoms with E-state index in [-0.39, 0.29) is 12.5 Å². The molecule has 1 nitrogen and oxygen atoms in total. The van der Waals surface area contributed by atoms with E-state index in [1.165, 1.54) is 0 Å². The third-order valence-electron chi connectivity index (χ3n) is 2.51. The second kappa shape index (κ2) is 6.91. The number of nitrogens with one attached hydrogen (secondary N) is 1. The van der Waals surface area contributed by atoms with Gasteiger partial charge < -0.3 is 5.32 Å². The Morgan fingerprint density at radius 2 is 2.11 bits per heavy atom. The highest BCUT2D eigenvalue weighted by Gasteiger charge is 2.29. The van der Waals surface area contributed by atoms with Crippen molar-refractivity contribution < 1.29 is 13.2 Å². The molecular weight excluding hydrogens is 327 g/mol. The minimum absolute atomic E-state index is 0.0854. The first kappa shape index (κ1) is 16.0. The van der Waals surface area contributed by atoms with Gasteiger partial charge in [0.25, 0.3) is 0 Å². The summed E-state index contributed by atoms with van der Waals surface area (Å²) in [5, 5.41) is 3.19. The highest BCUT2D eigenvalue weighted by molar-refractivity contribution is 9.10. The Balaban J connectivity index is 2.74. The molecule has 1 N–H and O–H groups in total. The molecule has 0 amide bonds. The summed E-state index contributed by atoms with van der Waals surface area (Å²) in [7, 11) is 0. The monoisotopic (exact) mass is 343 g/mol. The van der Waals surface area contributed by atoms with Gasteiger partial charge in [-0.2, -0.15) is 13.2 Å². The van der Waals surface area contributed by atoms with Crippen molar-refractivity contribution in [2.45, 2.75) is 45.3 Å². The van der Waals surface area contributed by atoms with Crippen molar-refractivity contribution in [1.29, 1.82) is 0 Å². The lowest BCUT2D eigenvalue weighted by Gasteiger charge is -2.18. The summed E-state index contributed by atoms with van der Waals surface area (Å²) in [5.41, 5.74) is 0. The van der Waals surface area contributed by atoms with Gasteiger partial charge in [0.15, 0.2) is 0 Å². The average Bonchev–Trinajstić information content (AvgIpc) is 2.57. The topological polar surface area (TPSA) is 12.0 Å². The van der Waals surface area contributed by atoms with Crippen LogP contribution in [-0.4, -0.2) is 12.7 Å². The van der Waals surface area contributed by atoms with E-state index in [1.807, 2.05) is 19.9 Å². The molecule has 6 heteroatoms. The lowest BCUT2D eigenvalue weighted by Crippen LogP contribution is -2.23. The first-order valence-corrected chi connectivity index (χ1v) is 7.50. The minimum Gasteiger partial charge on any atom is -0.309 e. The van der Waals surface area contributed by atoms with E-state index in [1.54, 1.807) is 11.3 Å². The van der Waals surface area contributed by atoms with Gasteiger partial charge in [-0.1, -0.05) is 6.92 Å². The van der Waals surface area contributed by atoms with Crippen LogP contribution < -0.4 is 5.32 Å². The van der Waals surface area contributed by atoms with Gasteiger partial charge in [0.05, 0.1) is 0 Å². The van der Waals surface area contributed by atoms with Crippen molar-refractivity contribution in [1.82, 2.24) is 5.32 Å². The summed E-state index contributed by atoms with van der Waals surface area (Å²) in [4.78, 5) is 2.07. The summed E-state index contributed by atoms with van der Waals surface area (Å²) >= 11 is 4.97. The van der Waals surface area contributed by atoms with Crippen LogP contribution in [-0.2, 0) is 0 Å². The third-order valence-corrected chi connectivity index (χ3v) is 4.59. The average molecular weight is 344 g/mol. The SMILES string of the molecule is CCCNC(CCC(F)(F)F)c1sc(C)cc1Br. The smallest absolute Gasteiger partial charge is 0.309 e. The minimum atomic E-state index is -4.09. The third kappa shape index (κ3) is 5.28. The molecule has 1 rings (SSSR count). The zero-order valence-corrected chi connectivity index (χ0v) is 12.8. The van der Waals surface area contributed by atoms with E-state index in [2.05, 4.69) is 21.2 Å². The van der Waals surface area contributed by atoms with E-state index in [0.717, 1.165) is 27.2 Å². The van der Waals surface area contributed by atoms with Crippen LogP contribution in [0.4, 0.5) is 13.2 Å². The van der Waals surface area contributed by atoms with E-state index in [0.29, 0.717) is 0 Å². The predicted octanol–water partition coefficient (Wildman–Crippen LogP) is 5.20. The zero-order valence-electron chi connectivity index (χ0n) is 10.4. The Kier molecular flexibility index (Phi) is 6.14. The van der Waals surface area contributed by atoms with Gasteiger partial charge >= 0.3 is 6.18 Å². The van der Waals surface area contributed by atoms with Gasteiger partial charge in [-0.25, -0.2) is 0 Å². The van der Waals surface area contributed by atoms with Gasteiger partial charge in [0.1, 0.15) is 0 Å². The Bertz CT molecular complexity index is 376. The highest BCUT2D eigenvalue weighted by atomic mass is 79.9. The summed E-state index contributed by atoms with van der Waals surface area (Å²) in [5.74, 6) is 0. The predicted molar refractivity (Wildman–Crippen MR) is 73.1 cm³/mol. The van der Waals surface area contributed by atoms with E-state index in [4.69, 9.17) is 0 Å². The maximum Gasteiger partial charge on any atom is 0.389 e. The second-order valence-corrected chi connectivity index (χ2v) is 6.37. The fraction of sp³-hybridized carbons (Fsp3) is 0.667. The number of alkyl halides is 3. The molecule has 1 atom stereocenters. The van der Waals surface area contributed by atoms with Crippen LogP contribution in [0.5, 0.6) is 0 Å². The molecule has 0 saturated heterocycles. The molecule has 0 aliphatic heterocycles. The standard InChI is InChI=1S/C12H17BrF3NS/c1-3-6-17-10(4-5-12(14,15)16)11-9(13)7-8(2)18-11/h7,10,17H,3-6H2,1-2H3. The zero-order chi connectivity index (χ0) is 13.8. The largest absolute Gasteiger partial charge is 0.389 e. The van der Waals surface area contributed by atoms with Crippen LogP contribution in [0.1, 0.15) is 42.0 Å². The molecule has 1 aromatic rings. The normalized spacial score (nSPS) is 13.9. The molecule has 1 unspecified atom stereocenters. The van der Waals surface area contributed by atoms with Crippen LogP contribution in [0.25, 0.3) is 0 Å². The fourth-order valence-electron chi connectivity index (χ4n) is 1.69. The van der Waals surface area contributed by atoms with Crippen molar-refractivity contribution in [3.8, 4) is 0 Å². The van der Waals surface area contributed by atoms with Crippen LogP contribution >= 0.6 is 27.3 Å². The molecule has 0 aliphatic carbocycles. The summed E-state index contributed by atoms with van der Waals surface area (Å²) in [6.45, 7) is 4.69. The van der Waals surface area contributed by atoms with Crippen molar-refractivity contribution in [3.63, 3.8) is 0 Å². The van der Waals surface area contributed by atoms with Gasteiger partial charge in [0.2, 0.25) is 0 Å². The molecule has 1 heterocycles. The Hall–Kier alpha value is -0.0700. The molecule has 0 spiro atoms. The molecule has 104 valence electrons. The summed E-state index contributed by atoms with van der Waals surface area (Å²) in [6, 6.07) is 1.73. The van der Waals surface area contributed by atoms with Crippen molar-refractivity contribution >= 4 is 27.3 Å². The number of hydrogen-bond acceptors (Lipinski definition) is 2. The molecule has 1 aromatic heterocycles. The van der Waals surface area contributed by atoms with Gasteiger partial charge in [-0.3, -0.25) is 0 Å². The van der Waals surface area contributed by atoms with Crippen LogP contribution in [0, 0.1) is 6.92 Å². The molecule has 0 fully saturated rings. The van der Waals surface area contributed by atoms with Crippen LogP contribution in [0.15, 0.2) is 10.5 Å². The van der Waals surface area contributed by atoms with Crippen LogP contribution in [0.3, 0.4) is 0 Å². The molecule has 0 bridgehead atoms. The number of aryl methyl sites for hydroxylation is 1. The van der Waals surface area contributed by atoms with Crippen molar-refractivity contribution in [2.75, 3.05) is 6.54 Å². The van der Waals surface area contributed by atoms with Crippen molar-refractivity contribution in [2.24, 2.45) is 0 Å². The van der Waals surface area contributed by atoms with E-state index >= 15 is 0 Å². The molecule has 18 heavy (non-hydrogen) atoms. The Morgan fingerprint density at radius 3 is 2.56 bits per heavy atom. The quantitative estimate of drug-likeness (QED) is 0.748. The maximum absolute atomic E-state index is 12.3. The number of thiophene rings is 1. The van der Waals surface area contributed by atoms with Gasteiger partial charge in [0, 0.05) is 26.7 Å². The van der Waals surface area contributed by atoms with Crippen LogP contribution in [0.2, 0.25) is 0 Å². The number of halogens is 4. The molecular formula is C12H17BrF3NS. The van der Waals surface area contributed by atoms with E-state index < -0.39 is 12.6 Å². The van der Waals surface area contributed by atoms with E-state index in [9.17, 15) is 13.2 Å². The first-order valence-electron chi connectivity index (χ1n) is 5.89. The lowest BCUT2D eigenvalue weighted by atomic mass is 10.1. The summed E-state index contributed by atoms with van der Waals surface area (Å²) in [6.07, 6.45) is -3.85. The molecule has 0 aliphatic rings. The van der Waals surface area contributed by atoms with Gasteiger partial charge in [-0.15, -0.1) is 11.3 Å². The van der Waals surface area contributed by atoms with Crippen molar-refractivity contribution in [3.05, 3.63) is 20.3 Å². The fourth-order valence-corrected chi connectivity index (χ4v) is 3.73. The first-order chi connectivity index (χ1) is 8.33. The number of hydrogen-bond donors (Lipinski definition) is 1. The highest BCUT2D eigenvalue weighted by Crippen LogP contribution is 2.36.